The Kier molecular flexibility index (Phi) is 4.73. The Bertz CT molecular complexity index is 781. The number of hydrogen-bond donors (Lipinski definition) is 1. The quantitative estimate of drug-likeness (QED) is 0.923. The van der Waals surface area contributed by atoms with Crippen LogP contribution in [0.15, 0.2) is 36.7 Å². The predicted octanol–water partition coefficient (Wildman–Crippen LogP) is 2.55. The van der Waals surface area contributed by atoms with E-state index in [1.807, 2.05) is 34.1 Å². The van der Waals surface area contributed by atoms with E-state index in [9.17, 15) is 9.59 Å². The Hall–Kier alpha value is -2.63. The highest BCUT2D eigenvalue weighted by Gasteiger charge is 2.33. The Morgan fingerprint density at radius 1 is 1.04 bits per heavy atom. The number of carbonyl (C=O) groups excluding carboxylic acids is 2. The molecule has 2 aromatic rings. The zero-order valence-electron chi connectivity index (χ0n) is 14.9. The van der Waals surface area contributed by atoms with Gasteiger partial charge in [0.15, 0.2) is 0 Å². The van der Waals surface area contributed by atoms with Crippen molar-refractivity contribution in [3.63, 3.8) is 0 Å². The Labute approximate surface area is 153 Å². The van der Waals surface area contributed by atoms with Crippen LogP contribution in [-0.4, -0.2) is 57.8 Å². The largest absolute Gasteiger partial charge is 0.345 e. The lowest BCUT2D eigenvalue weighted by molar-refractivity contribution is -0.135. The highest BCUT2D eigenvalue weighted by atomic mass is 16.2. The van der Waals surface area contributed by atoms with Crippen LogP contribution >= 0.6 is 0 Å². The third kappa shape index (κ3) is 3.23. The van der Waals surface area contributed by atoms with Gasteiger partial charge in [0.25, 0.3) is 5.91 Å². The number of aromatic amines is 1. The molecule has 2 aliphatic heterocycles. The molecule has 136 valence electrons. The summed E-state index contributed by atoms with van der Waals surface area (Å²) in [5.41, 5.74) is 1.44. The zero-order chi connectivity index (χ0) is 17.9. The fourth-order valence-corrected chi connectivity index (χ4v) is 4.02. The molecule has 2 saturated heterocycles. The van der Waals surface area contributed by atoms with Crippen LogP contribution in [0, 0.1) is 5.92 Å². The molecule has 6 nitrogen and oxygen atoms in total. The molecule has 0 spiro atoms. The highest BCUT2D eigenvalue weighted by Crippen LogP contribution is 2.26. The normalized spacial score (nSPS) is 20.4. The first-order valence-corrected chi connectivity index (χ1v) is 9.41. The minimum atomic E-state index is -0.0680. The number of nitrogens with zero attached hydrogens (tertiary/aromatic N) is 3. The summed E-state index contributed by atoms with van der Waals surface area (Å²) in [5, 5.41) is 0. The monoisotopic (exact) mass is 352 g/mol. The van der Waals surface area contributed by atoms with E-state index in [0.717, 1.165) is 44.3 Å². The van der Waals surface area contributed by atoms with Crippen LogP contribution in [0.4, 0.5) is 0 Å². The van der Waals surface area contributed by atoms with Crippen molar-refractivity contribution in [3.8, 4) is 11.4 Å². The molecular formula is C20H24N4O2. The number of hydrogen-bond acceptors (Lipinski definition) is 3. The maximum Gasteiger partial charge on any atom is 0.254 e. The molecule has 2 fully saturated rings. The number of aromatic nitrogens is 2. The minimum absolute atomic E-state index is 0.0177. The molecular weight excluding hydrogens is 328 g/mol. The number of nitrogens with one attached hydrogen (secondary N) is 1. The number of rotatable bonds is 3. The first-order valence-electron chi connectivity index (χ1n) is 9.41. The van der Waals surface area contributed by atoms with Gasteiger partial charge in [-0.05, 0) is 31.7 Å². The van der Waals surface area contributed by atoms with E-state index in [4.69, 9.17) is 0 Å². The fourth-order valence-electron chi connectivity index (χ4n) is 4.02. The van der Waals surface area contributed by atoms with Crippen molar-refractivity contribution >= 4 is 11.8 Å². The summed E-state index contributed by atoms with van der Waals surface area (Å²) in [6.45, 7) is 2.95. The molecule has 26 heavy (non-hydrogen) atoms. The Balaban J connectivity index is 1.52. The maximum absolute atomic E-state index is 13.2. The van der Waals surface area contributed by atoms with Gasteiger partial charge in [-0.15, -0.1) is 0 Å². The number of amides is 2. The van der Waals surface area contributed by atoms with Crippen molar-refractivity contribution in [3.05, 3.63) is 42.2 Å². The van der Waals surface area contributed by atoms with Crippen molar-refractivity contribution in [2.75, 3.05) is 26.2 Å². The van der Waals surface area contributed by atoms with Gasteiger partial charge in [-0.1, -0.05) is 18.2 Å². The van der Waals surface area contributed by atoms with E-state index in [-0.39, 0.29) is 17.7 Å². The topological polar surface area (TPSA) is 69.3 Å². The Morgan fingerprint density at radius 3 is 2.58 bits per heavy atom. The number of piperidine rings is 1. The van der Waals surface area contributed by atoms with E-state index in [1.54, 1.807) is 12.4 Å². The highest BCUT2D eigenvalue weighted by molar-refractivity contribution is 6.00. The van der Waals surface area contributed by atoms with E-state index < -0.39 is 0 Å². The first-order chi connectivity index (χ1) is 12.7. The van der Waals surface area contributed by atoms with Crippen LogP contribution in [0.3, 0.4) is 0 Å². The standard InChI is InChI=1S/C20H24N4O2/c25-19(23-11-3-4-12-23)15-6-5-13-24(14-15)20(26)17-8-2-1-7-16(17)18-21-9-10-22-18/h1-2,7-10,15H,3-6,11-14H2,(H,21,22)/t15-/m1/s1. The first kappa shape index (κ1) is 16.8. The molecule has 4 rings (SSSR count). The summed E-state index contributed by atoms with van der Waals surface area (Å²) < 4.78 is 0. The third-order valence-corrected chi connectivity index (χ3v) is 5.39. The van der Waals surface area contributed by atoms with Gasteiger partial charge in [-0.3, -0.25) is 9.59 Å². The SMILES string of the molecule is O=C(c1ccccc1-c1ncc[nH]1)N1CCC[C@@H](C(=O)N2CCCC2)C1. The number of H-pyrrole nitrogens is 1. The minimum Gasteiger partial charge on any atom is -0.345 e. The number of imidazole rings is 1. The summed E-state index contributed by atoms with van der Waals surface area (Å²) in [5.74, 6) is 0.826. The maximum atomic E-state index is 13.2. The molecule has 1 aromatic carbocycles. The van der Waals surface area contributed by atoms with Crippen LogP contribution in [-0.2, 0) is 4.79 Å². The summed E-state index contributed by atoms with van der Waals surface area (Å²) >= 11 is 0. The molecule has 1 aromatic heterocycles. The van der Waals surface area contributed by atoms with Gasteiger partial charge in [0.2, 0.25) is 5.91 Å². The lowest BCUT2D eigenvalue weighted by Gasteiger charge is -2.34. The molecule has 0 bridgehead atoms. The fraction of sp³-hybridized carbons (Fsp3) is 0.450. The molecule has 2 aliphatic rings. The number of likely N-dealkylation sites (tertiary alicyclic amines) is 2. The van der Waals surface area contributed by atoms with Gasteiger partial charge in [0, 0.05) is 44.1 Å². The molecule has 3 heterocycles. The third-order valence-electron chi connectivity index (χ3n) is 5.39. The van der Waals surface area contributed by atoms with Crippen molar-refractivity contribution < 1.29 is 9.59 Å². The van der Waals surface area contributed by atoms with Gasteiger partial charge >= 0.3 is 0 Å². The van der Waals surface area contributed by atoms with Gasteiger partial charge in [-0.25, -0.2) is 4.98 Å². The summed E-state index contributed by atoms with van der Waals surface area (Å²) in [4.78, 5) is 37.1. The lowest BCUT2D eigenvalue weighted by Crippen LogP contribution is -2.46. The van der Waals surface area contributed by atoms with Crippen LogP contribution in [0.25, 0.3) is 11.4 Å². The molecule has 1 atom stereocenters. The summed E-state index contributed by atoms with van der Waals surface area (Å²) in [6.07, 6.45) is 7.37. The van der Waals surface area contributed by atoms with E-state index in [0.29, 0.717) is 24.5 Å². The molecule has 0 unspecified atom stereocenters. The second-order valence-electron chi connectivity index (χ2n) is 7.11. The second kappa shape index (κ2) is 7.32. The van der Waals surface area contributed by atoms with Crippen LogP contribution < -0.4 is 0 Å². The van der Waals surface area contributed by atoms with Crippen LogP contribution in [0.1, 0.15) is 36.0 Å². The molecule has 0 saturated carbocycles. The molecule has 0 radical (unpaired) electrons. The predicted molar refractivity (Wildman–Crippen MR) is 98.5 cm³/mol. The van der Waals surface area contributed by atoms with Crippen molar-refractivity contribution in [1.29, 1.82) is 0 Å². The summed E-state index contributed by atoms with van der Waals surface area (Å²) in [6, 6.07) is 7.52. The molecule has 6 heteroatoms. The van der Waals surface area contributed by atoms with Crippen molar-refractivity contribution in [2.45, 2.75) is 25.7 Å². The Morgan fingerprint density at radius 2 is 1.81 bits per heavy atom. The zero-order valence-corrected chi connectivity index (χ0v) is 14.9. The van der Waals surface area contributed by atoms with Gasteiger partial charge in [-0.2, -0.15) is 0 Å². The van der Waals surface area contributed by atoms with E-state index >= 15 is 0 Å². The second-order valence-corrected chi connectivity index (χ2v) is 7.11. The smallest absolute Gasteiger partial charge is 0.254 e. The van der Waals surface area contributed by atoms with Gasteiger partial charge in [0.05, 0.1) is 11.5 Å². The van der Waals surface area contributed by atoms with E-state index in [2.05, 4.69) is 9.97 Å². The van der Waals surface area contributed by atoms with Crippen LogP contribution in [0.2, 0.25) is 0 Å². The molecule has 2 amide bonds. The molecule has 1 N–H and O–H groups in total. The average Bonchev–Trinajstić information content (AvgIpc) is 3.41. The van der Waals surface area contributed by atoms with Crippen LogP contribution in [0.5, 0.6) is 0 Å². The summed E-state index contributed by atoms with van der Waals surface area (Å²) in [7, 11) is 0. The van der Waals surface area contributed by atoms with Crippen molar-refractivity contribution in [1.82, 2.24) is 19.8 Å². The van der Waals surface area contributed by atoms with Gasteiger partial charge < -0.3 is 14.8 Å². The molecule has 0 aliphatic carbocycles. The van der Waals surface area contributed by atoms with Crippen molar-refractivity contribution in [2.24, 2.45) is 5.92 Å². The lowest BCUT2D eigenvalue weighted by atomic mass is 9.95. The average molecular weight is 352 g/mol. The number of benzene rings is 1. The number of carbonyl (C=O) groups is 2. The van der Waals surface area contributed by atoms with Gasteiger partial charge in [0.1, 0.15) is 5.82 Å². The van der Waals surface area contributed by atoms with E-state index in [1.165, 1.54) is 0 Å².